The molecule has 0 rings (SSSR count). The molecule has 0 aliphatic rings. The molecule has 0 bridgehead atoms. The van der Waals surface area contributed by atoms with E-state index in [1.165, 1.54) is 38.9 Å². The van der Waals surface area contributed by atoms with Crippen LogP contribution >= 0.6 is 0 Å². The molecule has 80 valence electrons. The Bertz CT molecular complexity index is 104. The number of nitrogens with two attached hydrogens (primary N) is 1. The standard InChI is InChI=1S/C11H26N2/c1-4-9-13(5-2)10-11(3)7-6-8-12/h11H,4-10,12H2,1-3H3. The van der Waals surface area contributed by atoms with Crippen molar-refractivity contribution < 1.29 is 0 Å². The van der Waals surface area contributed by atoms with Gasteiger partial charge in [-0.05, 0) is 44.8 Å². The molecular formula is C11H26N2. The maximum absolute atomic E-state index is 5.49. The summed E-state index contributed by atoms with van der Waals surface area (Å²) in [7, 11) is 0. The Kier molecular flexibility index (Phi) is 8.46. The molecule has 0 aromatic rings. The fourth-order valence-electron chi connectivity index (χ4n) is 1.69. The summed E-state index contributed by atoms with van der Waals surface area (Å²) in [6, 6.07) is 0. The maximum Gasteiger partial charge on any atom is 0.000691 e. The molecule has 0 saturated carbocycles. The number of rotatable bonds is 8. The predicted molar refractivity (Wildman–Crippen MR) is 59.9 cm³/mol. The van der Waals surface area contributed by atoms with E-state index in [-0.39, 0.29) is 0 Å². The molecule has 0 radical (unpaired) electrons. The van der Waals surface area contributed by atoms with E-state index >= 15 is 0 Å². The lowest BCUT2D eigenvalue weighted by Gasteiger charge is -2.23. The Morgan fingerprint density at radius 3 is 2.46 bits per heavy atom. The van der Waals surface area contributed by atoms with Gasteiger partial charge in [-0.2, -0.15) is 0 Å². The summed E-state index contributed by atoms with van der Waals surface area (Å²) in [5, 5.41) is 0. The highest BCUT2D eigenvalue weighted by Gasteiger charge is 2.06. The molecule has 0 spiro atoms. The summed E-state index contributed by atoms with van der Waals surface area (Å²) in [5.41, 5.74) is 5.49. The van der Waals surface area contributed by atoms with Crippen molar-refractivity contribution in [1.29, 1.82) is 0 Å². The van der Waals surface area contributed by atoms with Crippen molar-refractivity contribution in [2.45, 2.75) is 40.0 Å². The largest absolute Gasteiger partial charge is 0.330 e. The Morgan fingerprint density at radius 1 is 1.31 bits per heavy atom. The van der Waals surface area contributed by atoms with Gasteiger partial charge in [-0.25, -0.2) is 0 Å². The molecule has 0 aromatic heterocycles. The lowest BCUT2D eigenvalue weighted by Crippen LogP contribution is -2.29. The van der Waals surface area contributed by atoms with Gasteiger partial charge >= 0.3 is 0 Å². The summed E-state index contributed by atoms with van der Waals surface area (Å²) < 4.78 is 0. The third-order valence-electron chi connectivity index (χ3n) is 2.46. The van der Waals surface area contributed by atoms with E-state index in [0.29, 0.717) is 0 Å². The van der Waals surface area contributed by atoms with E-state index in [1.54, 1.807) is 0 Å². The average molecular weight is 186 g/mol. The van der Waals surface area contributed by atoms with Gasteiger partial charge in [0.2, 0.25) is 0 Å². The molecule has 2 N–H and O–H groups in total. The fraction of sp³-hybridized carbons (Fsp3) is 1.00. The SMILES string of the molecule is CCCN(CC)CC(C)CCCN. The second kappa shape index (κ2) is 8.52. The van der Waals surface area contributed by atoms with E-state index in [2.05, 4.69) is 25.7 Å². The lowest BCUT2D eigenvalue weighted by molar-refractivity contribution is 0.242. The van der Waals surface area contributed by atoms with Crippen LogP contribution in [0, 0.1) is 5.92 Å². The molecule has 0 amide bonds. The molecule has 0 aromatic carbocycles. The van der Waals surface area contributed by atoms with E-state index in [0.717, 1.165) is 12.5 Å². The van der Waals surface area contributed by atoms with Crippen LogP contribution in [0.1, 0.15) is 40.0 Å². The van der Waals surface area contributed by atoms with E-state index in [4.69, 9.17) is 5.73 Å². The van der Waals surface area contributed by atoms with Gasteiger partial charge in [0.1, 0.15) is 0 Å². The summed E-state index contributed by atoms with van der Waals surface area (Å²) in [6.07, 6.45) is 3.71. The van der Waals surface area contributed by atoms with Gasteiger partial charge in [0, 0.05) is 6.54 Å². The van der Waals surface area contributed by atoms with Gasteiger partial charge in [0.05, 0.1) is 0 Å². The highest BCUT2D eigenvalue weighted by Crippen LogP contribution is 2.07. The van der Waals surface area contributed by atoms with Gasteiger partial charge in [0.15, 0.2) is 0 Å². The van der Waals surface area contributed by atoms with Crippen LogP contribution in [0.25, 0.3) is 0 Å². The Balaban J connectivity index is 3.53. The van der Waals surface area contributed by atoms with Crippen LogP contribution in [-0.4, -0.2) is 31.1 Å². The molecule has 1 unspecified atom stereocenters. The van der Waals surface area contributed by atoms with Crippen molar-refractivity contribution in [2.24, 2.45) is 11.7 Å². The normalized spacial score (nSPS) is 13.6. The zero-order valence-electron chi connectivity index (χ0n) is 9.55. The molecule has 0 saturated heterocycles. The smallest absolute Gasteiger partial charge is 0.000691 e. The lowest BCUT2D eigenvalue weighted by atomic mass is 10.1. The van der Waals surface area contributed by atoms with Crippen LogP contribution in [0.5, 0.6) is 0 Å². The van der Waals surface area contributed by atoms with Crippen molar-refractivity contribution in [2.75, 3.05) is 26.2 Å². The number of hydrogen-bond donors (Lipinski definition) is 1. The monoisotopic (exact) mass is 186 g/mol. The van der Waals surface area contributed by atoms with Crippen LogP contribution in [0.4, 0.5) is 0 Å². The highest BCUT2D eigenvalue weighted by atomic mass is 15.1. The molecule has 0 heterocycles. The Labute approximate surface area is 83.5 Å². The van der Waals surface area contributed by atoms with Gasteiger partial charge in [-0.1, -0.05) is 20.8 Å². The summed E-state index contributed by atoms with van der Waals surface area (Å²) in [6.45, 7) is 11.3. The Hall–Kier alpha value is -0.0800. The van der Waals surface area contributed by atoms with Crippen LogP contribution in [0.15, 0.2) is 0 Å². The highest BCUT2D eigenvalue weighted by molar-refractivity contribution is 4.61. The van der Waals surface area contributed by atoms with E-state index in [1.807, 2.05) is 0 Å². The van der Waals surface area contributed by atoms with Crippen molar-refractivity contribution in [3.8, 4) is 0 Å². The first-order valence-corrected chi connectivity index (χ1v) is 5.66. The second-order valence-corrected chi connectivity index (χ2v) is 3.93. The quantitative estimate of drug-likeness (QED) is 0.629. The van der Waals surface area contributed by atoms with Crippen LogP contribution < -0.4 is 5.73 Å². The molecule has 13 heavy (non-hydrogen) atoms. The third kappa shape index (κ3) is 7.03. The topological polar surface area (TPSA) is 29.3 Å². The summed E-state index contributed by atoms with van der Waals surface area (Å²) in [5.74, 6) is 0.801. The van der Waals surface area contributed by atoms with Crippen molar-refractivity contribution >= 4 is 0 Å². The second-order valence-electron chi connectivity index (χ2n) is 3.93. The third-order valence-corrected chi connectivity index (χ3v) is 2.46. The minimum Gasteiger partial charge on any atom is -0.330 e. The first-order chi connectivity index (χ1) is 6.24. The van der Waals surface area contributed by atoms with Gasteiger partial charge in [0.25, 0.3) is 0 Å². The molecule has 0 fully saturated rings. The summed E-state index contributed by atoms with van der Waals surface area (Å²) in [4.78, 5) is 2.53. The van der Waals surface area contributed by atoms with E-state index < -0.39 is 0 Å². The summed E-state index contributed by atoms with van der Waals surface area (Å²) >= 11 is 0. The molecule has 2 heteroatoms. The van der Waals surface area contributed by atoms with E-state index in [9.17, 15) is 0 Å². The van der Waals surface area contributed by atoms with Crippen LogP contribution in [-0.2, 0) is 0 Å². The first-order valence-electron chi connectivity index (χ1n) is 5.66. The number of hydrogen-bond acceptors (Lipinski definition) is 2. The van der Waals surface area contributed by atoms with Crippen LogP contribution in [0.3, 0.4) is 0 Å². The van der Waals surface area contributed by atoms with Crippen molar-refractivity contribution in [1.82, 2.24) is 4.90 Å². The van der Waals surface area contributed by atoms with Crippen molar-refractivity contribution in [3.63, 3.8) is 0 Å². The van der Waals surface area contributed by atoms with Crippen LogP contribution in [0.2, 0.25) is 0 Å². The van der Waals surface area contributed by atoms with Gasteiger partial charge in [-0.15, -0.1) is 0 Å². The molecule has 2 nitrogen and oxygen atoms in total. The number of nitrogens with zero attached hydrogens (tertiary/aromatic N) is 1. The average Bonchev–Trinajstić information content (AvgIpc) is 2.14. The molecule has 0 aliphatic carbocycles. The Morgan fingerprint density at radius 2 is 2.00 bits per heavy atom. The molecule has 0 aliphatic heterocycles. The molecule has 1 atom stereocenters. The van der Waals surface area contributed by atoms with Gasteiger partial charge in [-0.3, -0.25) is 0 Å². The minimum atomic E-state index is 0.801. The fourth-order valence-corrected chi connectivity index (χ4v) is 1.69. The van der Waals surface area contributed by atoms with Gasteiger partial charge < -0.3 is 10.6 Å². The minimum absolute atomic E-state index is 0.801. The predicted octanol–water partition coefficient (Wildman–Crippen LogP) is 2.09. The zero-order chi connectivity index (χ0) is 10.1. The first kappa shape index (κ1) is 12.9. The maximum atomic E-state index is 5.49. The molecular weight excluding hydrogens is 160 g/mol. The van der Waals surface area contributed by atoms with Crippen molar-refractivity contribution in [3.05, 3.63) is 0 Å². The zero-order valence-corrected chi connectivity index (χ0v) is 9.55.